The van der Waals surface area contributed by atoms with Crippen molar-refractivity contribution in [3.63, 3.8) is 0 Å². The van der Waals surface area contributed by atoms with Gasteiger partial charge >= 0.3 is 0 Å². The van der Waals surface area contributed by atoms with Gasteiger partial charge in [0.05, 0.1) is 6.10 Å². The Hall–Kier alpha value is -1.00. The van der Waals surface area contributed by atoms with E-state index in [1.54, 1.807) is 0 Å². The smallest absolute Gasteiger partial charge is 0.159 e. The standard InChI is InChI=1S/C19H26O4/c1-18-7-5-12(23-22)9-11(18)10-15(20)17-13-3-4-16(21)19(13,2)8-6-14(17)18/h10,12-14,17,22H,3-9H2,1-2H3/t12-,13?,14?,17?,18-,19-/m0/s1. The van der Waals surface area contributed by atoms with Crippen LogP contribution in [0.1, 0.15) is 58.8 Å². The normalized spacial score (nSPS) is 49.3. The molecule has 3 fully saturated rings. The molecule has 4 rings (SSSR count). The van der Waals surface area contributed by atoms with Crippen molar-refractivity contribution in [3.8, 4) is 0 Å². The lowest BCUT2D eigenvalue weighted by atomic mass is 9.48. The van der Waals surface area contributed by atoms with E-state index in [4.69, 9.17) is 5.26 Å². The molecular formula is C19H26O4. The van der Waals surface area contributed by atoms with E-state index in [1.807, 2.05) is 6.08 Å². The summed E-state index contributed by atoms with van der Waals surface area (Å²) < 4.78 is 0. The van der Waals surface area contributed by atoms with Crippen LogP contribution in [0.2, 0.25) is 0 Å². The van der Waals surface area contributed by atoms with Crippen LogP contribution in [-0.2, 0) is 14.5 Å². The fourth-order valence-corrected chi connectivity index (χ4v) is 6.23. The van der Waals surface area contributed by atoms with Crippen LogP contribution in [0, 0.1) is 28.6 Å². The van der Waals surface area contributed by atoms with Crippen molar-refractivity contribution in [2.24, 2.45) is 28.6 Å². The maximum atomic E-state index is 12.9. The number of hydrogen-bond acceptors (Lipinski definition) is 4. The summed E-state index contributed by atoms with van der Waals surface area (Å²) in [5.41, 5.74) is 0.909. The van der Waals surface area contributed by atoms with Gasteiger partial charge in [-0.25, -0.2) is 4.89 Å². The quantitative estimate of drug-likeness (QED) is 0.593. The topological polar surface area (TPSA) is 63.6 Å². The summed E-state index contributed by atoms with van der Waals surface area (Å²) in [6, 6.07) is 0. The zero-order valence-corrected chi connectivity index (χ0v) is 14.0. The second kappa shape index (κ2) is 5.00. The molecule has 0 bridgehead atoms. The average Bonchev–Trinajstić information content (AvgIpc) is 2.83. The first-order valence-electron chi connectivity index (χ1n) is 8.98. The Labute approximate surface area is 137 Å². The number of hydrogen-bond donors (Lipinski definition) is 1. The molecule has 4 aliphatic carbocycles. The van der Waals surface area contributed by atoms with Crippen molar-refractivity contribution in [2.75, 3.05) is 0 Å². The maximum absolute atomic E-state index is 12.9. The second-order valence-electron chi connectivity index (χ2n) is 8.62. The molecule has 0 aliphatic heterocycles. The largest absolute Gasteiger partial charge is 0.299 e. The molecule has 1 N–H and O–H groups in total. The third-order valence-electron chi connectivity index (χ3n) is 7.76. The summed E-state index contributed by atoms with van der Waals surface area (Å²) in [5.74, 6) is 1.17. The first-order valence-corrected chi connectivity index (χ1v) is 8.98. The van der Waals surface area contributed by atoms with Gasteiger partial charge in [-0.2, -0.15) is 0 Å². The predicted molar refractivity (Wildman–Crippen MR) is 84.6 cm³/mol. The summed E-state index contributed by atoms with van der Waals surface area (Å²) in [6.45, 7) is 4.38. The van der Waals surface area contributed by atoms with E-state index in [-0.39, 0.29) is 34.6 Å². The lowest BCUT2D eigenvalue weighted by Gasteiger charge is -2.55. The minimum Gasteiger partial charge on any atom is -0.299 e. The fraction of sp³-hybridized carbons (Fsp3) is 0.789. The molecule has 6 atom stereocenters. The summed E-state index contributed by atoms with van der Waals surface area (Å²) >= 11 is 0. The van der Waals surface area contributed by atoms with Crippen LogP contribution in [0.5, 0.6) is 0 Å². The van der Waals surface area contributed by atoms with Gasteiger partial charge in [-0.05, 0) is 61.9 Å². The highest BCUT2D eigenvalue weighted by atomic mass is 17.1. The van der Waals surface area contributed by atoms with Crippen molar-refractivity contribution in [2.45, 2.75) is 64.9 Å². The summed E-state index contributed by atoms with van der Waals surface area (Å²) in [6.07, 6.45) is 7.51. The van der Waals surface area contributed by atoms with Crippen LogP contribution in [0.3, 0.4) is 0 Å². The molecule has 0 radical (unpaired) electrons. The lowest BCUT2D eigenvalue weighted by Crippen LogP contribution is -2.53. The number of fused-ring (bicyclic) bond motifs is 5. The van der Waals surface area contributed by atoms with E-state index in [1.165, 1.54) is 0 Å². The molecule has 0 amide bonds. The van der Waals surface area contributed by atoms with Crippen LogP contribution in [0.15, 0.2) is 11.6 Å². The van der Waals surface area contributed by atoms with E-state index in [9.17, 15) is 9.59 Å². The number of ketones is 2. The number of Topliss-reactive ketones (excluding diaryl/α,β-unsaturated/α-hetero) is 1. The van der Waals surface area contributed by atoms with Crippen LogP contribution in [-0.4, -0.2) is 22.9 Å². The van der Waals surface area contributed by atoms with Gasteiger partial charge in [0.1, 0.15) is 5.78 Å². The van der Waals surface area contributed by atoms with Crippen LogP contribution >= 0.6 is 0 Å². The Kier molecular flexibility index (Phi) is 3.37. The third-order valence-corrected chi connectivity index (χ3v) is 7.76. The molecule has 126 valence electrons. The first kappa shape index (κ1) is 15.5. The van der Waals surface area contributed by atoms with Gasteiger partial charge in [0.25, 0.3) is 0 Å². The van der Waals surface area contributed by atoms with Crippen molar-refractivity contribution < 1.29 is 19.7 Å². The zero-order chi connectivity index (χ0) is 16.4. The van der Waals surface area contributed by atoms with Crippen molar-refractivity contribution in [3.05, 3.63) is 11.6 Å². The number of carbonyl (C=O) groups is 2. The number of carbonyl (C=O) groups excluding carboxylic acids is 2. The van der Waals surface area contributed by atoms with Crippen molar-refractivity contribution in [1.29, 1.82) is 0 Å². The Morgan fingerprint density at radius 3 is 2.52 bits per heavy atom. The number of allylic oxidation sites excluding steroid dienone is 1. The summed E-state index contributed by atoms with van der Waals surface area (Å²) in [5, 5.41) is 9.00. The second-order valence-corrected chi connectivity index (χ2v) is 8.62. The average molecular weight is 318 g/mol. The third kappa shape index (κ3) is 1.97. The van der Waals surface area contributed by atoms with E-state index >= 15 is 0 Å². The molecular weight excluding hydrogens is 292 g/mol. The van der Waals surface area contributed by atoms with Crippen LogP contribution in [0.25, 0.3) is 0 Å². The highest BCUT2D eigenvalue weighted by Gasteiger charge is 2.60. The molecule has 4 nitrogen and oxygen atoms in total. The van der Waals surface area contributed by atoms with Gasteiger partial charge in [0.2, 0.25) is 0 Å². The molecule has 0 spiro atoms. The SMILES string of the molecule is C[C@]12CC[C@H](OO)CC1=CC(=O)C1C2CC[C@]2(C)C(=O)CCC12. The Morgan fingerprint density at radius 1 is 1.09 bits per heavy atom. The van der Waals surface area contributed by atoms with Gasteiger partial charge in [0.15, 0.2) is 5.78 Å². The monoisotopic (exact) mass is 318 g/mol. The molecule has 4 heteroatoms. The van der Waals surface area contributed by atoms with Gasteiger partial charge in [-0.1, -0.05) is 19.4 Å². The van der Waals surface area contributed by atoms with E-state index in [2.05, 4.69) is 18.7 Å². The highest BCUT2D eigenvalue weighted by Crippen LogP contribution is 2.63. The molecule has 0 aromatic rings. The minimum absolute atomic E-state index is 0.0144. The molecule has 0 heterocycles. The molecule has 0 aromatic heterocycles. The van der Waals surface area contributed by atoms with Gasteiger partial charge in [-0.15, -0.1) is 0 Å². The molecule has 0 aromatic carbocycles. The Bertz CT molecular complexity index is 594. The van der Waals surface area contributed by atoms with Gasteiger partial charge < -0.3 is 0 Å². The fourth-order valence-electron chi connectivity index (χ4n) is 6.23. The molecule has 0 saturated heterocycles. The molecule has 23 heavy (non-hydrogen) atoms. The van der Waals surface area contributed by atoms with Gasteiger partial charge in [0, 0.05) is 17.8 Å². The Morgan fingerprint density at radius 2 is 1.78 bits per heavy atom. The molecule has 3 saturated carbocycles. The minimum atomic E-state index is -0.274. The summed E-state index contributed by atoms with van der Waals surface area (Å²) in [4.78, 5) is 29.9. The zero-order valence-electron chi connectivity index (χ0n) is 14.0. The van der Waals surface area contributed by atoms with E-state index in [0.717, 1.165) is 37.7 Å². The summed E-state index contributed by atoms with van der Waals surface area (Å²) in [7, 11) is 0. The van der Waals surface area contributed by atoms with Crippen LogP contribution < -0.4 is 0 Å². The van der Waals surface area contributed by atoms with E-state index in [0.29, 0.717) is 24.5 Å². The maximum Gasteiger partial charge on any atom is 0.159 e. The molecule has 3 unspecified atom stereocenters. The lowest BCUT2D eigenvalue weighted by molar-refractivity contribution is -0.284. The van der Waals surface area contributed by atoms with Crippen molar-refractivity contribution >= 4 is 11.6 Å². The van der Waals surface area contributed by atoms with Crippen LogP contribution in [0.4, 0.5) is 0 Å². The number of rotatable bonds is 1. The van der Waals surface area contributed by atoms with Gasteiger partial charge in [-0.3, -0.25) is 14.8 Å². The first-order chi connectivity index (χ1) is 10.9. The predicted octanol–water partition coefficient (Wildman–Crippen LogP) is 3.56. The van der Waals surface area contributed by atoms with Crippen molar-refractivity contribution in [1.82, 2.24) is 0 Å². The molecule has 4 aliphatic rings. The van der Waals surface area contributed by atoms with E-state index < -0.39 is 0 Å². The Balaban J connectivity index is 1.73. The highest BCUT2D eigenvalue weighted by molar-refractivity contribution is 5.96.